The van der Waals surface area contributed by atoms with E-state index in [2.05, 4.69) is 0 Å². The smallest absolute Gasteiger partial charge is 0.306 e. The molecule has 1 N–H and O–H groups in total. The predicted octanol–water partition coefficient (Wildman–Crippen LogP) is 3.13. The third-order valence-electron chi connectivity index (χ3n) is 2.91. The van der Waals surface area contributed by atoms with Crippen LogP contribution in [0.3, 0.4) is 0 Å². The number of benzene rings is 1. The van der Waals surface area contributed by atoms with E-state index in [1.807, 2.05) is 0 Å². The van der Waals surface area contributed by atoms with Gasteiger partial charge in [-0.1, -0.05) is 6.92 Å². The fourth-order valence-electron chi connectivity index (χ4n) is 1.97. The van der Waals surface area contributed by atoms with Crippen molar-refractivity contribution in [2.24, 2.45) is 5.92 Å². The van der Waals surface area contributed by atoms with Crippen molar-refractivity contribution in [3.63, 3.8) is 0 Å². The van der Waals surface area contributed by atoms with Crippen LogP contribution in [0, 0.1) is 11.7 Å². The maximum atomic E-state index is 13.1. The minimum atomic E-state index is -0.783. The van der Waals surface area contributed by atoms with Gasteiger partial charge in [-0.25, -0.2) is 4.39 Å². The van der Waals surface area contributed by atoms with Gasteiger partial charge in [-0.3, -0.25) is 4.79 Å². The fraction of sp³-hybridized carbons (Fsp3) is 0.417. The molecule has 86 valence electrons. The monoisotopic (exact) mass is 240 g/mol. The summed E-state index contributed by atoms with van der Waals surface area (Å²) in [4.78, 5) is 11.9. The Morgan fingerprint density at radius 1 is 1.69 bits per heavy atom. The lowest BCUT2D eigenvalue weighted by molar-refractivity contribution is -0.141. The maximum Gasteiger partial charge on any atom is 0.306 e. The molecule has 4 heteroatoms. The van der Waals surface area contributed by atoms with Crippen LogP contribution in [0.5, 0.6) is 0 Å². The molecule has 0 radical (unpaired) electrons. The summed E-state index contributed by atoms with van der Waals surface area (Å²) >= 11 is 1.68. The molecule has 0 aromatic heterocycles. The molecule has 0 fully saturated rings. The Hall–Kier alpha value is -1.03. The number of carboxylic acids is 1. The van der Waals surface area contributed by atoms with E-state index in [-0.39, 0.29) is 17.7 Å². The van der Waals surface area contributed by atoms with E-state index in [4.69, 9.17) is 5.11 Å². The average molecular weight is 240 g/mol. The Kier molecular flexibility index (Phi) is 3.19. The van der Waals surface area contributed by atoms with Gasteiger partial charge < -0.3 is 5.11 Å². The lowest BCUT2D eigenvalue weighted by Crippen LogP contribution is -2.13. The van der Waals surface area contributed by atoms with Gasteiger partial charge in [0.05, 0.1) is 5.92 Å². The summed E-state index contributed by atoms with van der Waals surface area (Å²) in [5.74, 6) is -0.373. The number of carbonyl (C=O) groups is 1. The number of fused-ring (bicyclic) bond motifs is 1. The molecule has 0 bridgehead atoms. The standard InChI is InChI=1S/C12H13FO2S/c1-7(12(14)15)4-8-6-16-11-3-2-9(13)5-10(8)11/h2-3,5,7-8H,4,6H2,1H3,(H,14,15). The minimum absolute atomic E-state index is 0.168. The highest BCUT2D eigenvalue weighted by Crippen LogP contribution is 2.42. The maximum absolute atomic E-state index is 13.1. The van der Waals surface area contributed by atoms with Crippen LogP contribution in [-0.2, 0) is 4.79 Å². The molecule has 16 heavy (non-hydrogen) atoms. The van der Waals surface area contributed by atoms with Gasteiger partial charge in [0.1, 0.15) is 5.82 Å². The van der Waals surface area contributed by atoms with Crippen molar-refractivity contribution in [2.75, 3.05) is 5.75 Å². The Balaban J connectivity index is 2.17. The average Bonchev–Trinajstić information content (AvgIpc) is 2.61. The van der Waals surface area contributed by atoms with Crippen molar-refractivity contribution in [3.05, 3.63) is 29.6 Å². The molecule has 0 spiro atoms. The van der Waals surface area contributed by atoms with Gasteiger partial charge >= 0.3 is 5.97 Å². The molecular weight excluding hydrogens is 227 g/mol. The molecule has 1 aromatic rings. The first-order valence-electron chi connectivity index (χ1n) is 5.23. The van der Waals surface area contributed by atoms with Gasteiger partial charge in [-0.05, 0) is 36.1 Å². The number of rotatable bonds is 3. The van der Waals surface area contributed by atoms with Crippen molar-refractivity contribution >= 4 is 17.7 Å². The summed E-state index contributed by atoms with van der Waals surface area (Å²) in [6.45, 7) is 1.70. The van der Waals surface area contributed by atoms with E-state index in [0.717, 1.165) is 16.2 Å². The van der Waals surface area contributed by atoms with Crippen molar-refractivity contribution in [3.8, 4) is 0 Å². The number of thioether (sulfide) groups is 1. The molecule has 2 atom stereocenters. The second-order valence-electron chi connectivity index (χ2n) is 4.17. The molecule has 0 saturated heterocycles. The second kappa shape index (κ2) is 4.45. The minimum Gasteiger partial charge on any atom is -0.481 e. The van der Waals surface area contributed by atoms with Crippen LogP contribution in [0.4, 0.5) is 4.39 Å². The molecule has 1 heterocycles. The Morgan fingerprint density at radius 3 is 3.12 bits per heavy atom. The third-order valence-corrected chi connectivity index (χ3v) is 4.16. The molecule has 1 aromatic carbocycles. The van der Waals surface area contributed by atoms with Gasteiger partial charge in [-0.2, -0.15) is 0 Å². The van der Waals surface area contributed by atoms with Crippen LogP contribution < -0.4 is 0 Å². The largest absolute Gasteiger partial charge is 0.481 e. The highest BCUT2D eigenvalue weighted by Gasteiger charge is 2.27. The molecule has 0 amide bonds. The van der Waals surface area contributed by atoms with Gasteiger partial charge in [0.15, 0.2) is 0 Å². The number of hydrogen-bond acceptors (Lipinski definition) is 2. The van der Waals surface area contributed by atoms with Gasteiger partial charge in [0.2, 0.25) is 0 Å². The lowest BCUT2D eigenvalue weighted by Gasteiger charge is -2.13. The Bertz CT molecular complexity index is 419. The van der Waals surface area contributed by atoms with Gasteiger partial charge in [-0.15, -0.1) is 11.8 Å². The molecule has 1 aliphatic rings. The molecule has 1 aliphatic heterocycles. The molecule has 2 unspecified atom stereocenters. The van der Waals surface area contributed by atoms with Crippen LogP contribution in [0.25, 0.3) is 0 Å². The zero-order valence-corrected chi connectivity index (χ0v) is 9.76. The van der Waals surface area contributed by atoms with Crippen molar-refractivity contribution < 1.29 is 14.3 Å². The highest BCUT2D eigenvalue weighted by molar-refractivity contribution is 7.99. The number of carboxylic acid groups (broad SMARTS) is 1. The van der Waals surface area contributed by atoms with Crippen LogP contribution in [0.1, 0.15) is 24.8 Å². The fourth-order valence-corrected chi connectivity index (χ4v) is 3.23. The molecule has 0 aliphatic carbocycles. The molecule has 0 saturated carbocycles. The first kappa shape index (κ1) is 11.5. The van der Waals surface area contributed by atoms with Crippen LogP contribution in [0.2, 0.25) is 0 Å². The van der Waals surface area contributed by atoms with E-state index < -0.39 is 5.97 Å². The summed E-state index contributed by atoms with van der Waals surface area (Å²) in [6.07, 6.45) is 0.582. The zero-order valence-electron chi connectivity index (χ0n) is 8.94. The SMILES string of the molecule is CC(CC1CSc2ccc(F)cc21)C(=O)O. The number of halogens is 1. The second-order valence-corrected chi connectivity index (χ2v) is 5.23. The number of aliphatic carboxylic acids is 1. The summed E-state index contributed by atoms with van der Waals surface area (Å²) < 4.78 is 13.1. The Labute approximate surface area is 97.9 Å². The van der Waals surface area contributed by atoms with Gasteiger partial charge in [0.25, 0.3) is 0 Å². The normalized spacial score (nSPS) is 20.5. The Morgan fingerprint density at radius 2 is 2.44 bits per heavy atom. The topological polar surface area (TPSA) is 37.3 Å². The molecule has 2 rings (SSSR count). The molecular formula is C12H13FO2S. The predicted molar refractivity (Wildman–Crippen MR) is 61.3 cm³/mol. The van der Waals surface area contributed by atoms with E-state index >= 15 is 0 Å². The van der Waals surface area contributed by atoms with Crippen molar-refractivity contribution in [1.82, 2.24) is 0 Å². The quantitative estimate of drug-likeness (QED) is 0.882. The summed E-state index contributed by atoms with van der Waals surface area (Å²) in [5.41, 5.74) is 0.970. The van der Waals surface area contributed by atoms with Crippen molar-refractivity contribution in [1.29, 1.82) is 0 Å². The first-order chi connectivity index (χ1) is 7.58. The summed E-state index contributed by atoms with van der Waals surface area (Å²) in [7, 11) is 0. The summed E-state index contributed by atoms with van der Waals surface area (Å²) in [5, 5.41) is 8.86. The lowest BCUT2D eigenvalue weighted by atomic mass is 9.91. The van der Waals surface area contributed by atoms with E-state index in [0.29, 0.717) is 6.42 Å². The van der Waals surface area contributed by atoms with Crippen LogP contribution in [0.15, 0.2) is 23.1 Å². The molecule has 2 nitrogen and oxygen atoms in total. The zero-order chi connectivity index (χ0) is 11.7. The number of hydrogen-bond donors (Lipinski definition) is 1. The van der Waals surface area contributed by atoms with Crippen LogP contribution >= 0.6 is 11.8 Å². The van der Waals surface area contributed by atoms with Gasteiger partial charge in [0, 0.05) is 10.6 Å². The van der Waals surface area contributed by atoms with Crippen molar-refractivity contribution in [2.45, 2.75) is 24.2 Å². The first-order valence-corrected chi connectivity index (χ1v) is 6.21. The van der Waals surface area contributed by atoms with E-state index in [9.17, 15) is 9.18 Å². The summed E-state index contributed by atoms with van der Waals surface area (Å²) in [6, 6.07) is 4.77. The van der Waals surface area contributed by atoms with Crippen LogP contribution in [-0.4, -0.2) is 16.8 Å². The third kappa shape index (κ3) is 2.21. The van der Waals surface area contributed by atoms with E-state index in [1.165, 1.54) is 12.1 Å². The van der Waals surface area contributed by atoms with E-state index in [1.54, 1.807) is 24.8 Å². The highest BCUT2D eigenvalue weighted by atomic mass is 32.2.